The molecular weight excluding hydrogens is 392 g/mol. The molecule has 0 bridgehead atoms. The smallest absolute Gasteiger partial charge is 0.255 e. The number of fused-ring (bicyclic) bond motifs is 1. The standard InChI is InChI=1S/C24H24N4O3/c29-24(18-8-10-21-22(15-18)31-16-30-21)25-19-7-5-6-17(14-19)20-9-11-23(27-26-20)28-12-3-1-2-4-13-28/h5-11,14-15H,1-4,12-13,16H2,(H,25,29). The molecule has 1 saturated heterocycles. The second-order valence-electron chi connectivity index (χ2n) is 7.78. The molecule has 0 aliphatic carbocycles. The molecule has 1 amide bonds. The second kappa shape index (κ2) is 8.63. The Morgan fingerprint density at radius 2 is 1.71 bits per heavy atom. The molecule has 1 aromatic heterocycles. The highest BCUT2D eigenvalue weighted by atomic mass is 16.7. The van der Waals surface area contributed by atoms with Gasteiger partial charge in [0.05, 0.1) is 5.69 Å². The number of nitrogens with one attached hydrogen (secondary N) is 1. The number of hydrogen-bond acceptors (Lipinski definition) is 6. The van der Waals surface area contributed by atoms with Crippen molar-refractivity contribution >= 4 is 17.4 Å². The predicted octanol–water partition coefficient (Wildman–Crippen LogP) is 4.51. The minimum Gasteiger partial charge on any atom is -0.454 e. The number of hydrogen-bond donors (Lipinski definition) is 1. The molecule has 1 fully saturated rings. The molecule has 7 nitrogen and oxygen atoms in total. The molecule has 0 radical (unpaired) electrons. The molecule has 158 valence electrons. The van der Waals surface area contributed by atoms with Gasteiger partial charge in [-0.25, -0.2) is 0 Å². The summed E-state index contributed by atoms with van der Waals surface area (Å²) in [5.74, 6) is 1.96. The van der Waals surface area contributed by atoms with Crippen LogP contribution in [0, 0.1) is 0 Å². The summed E-state index contributed by atoms with van der Waals surface area (Å²) in [5.41, 5.74) is 2.88. The monoisotopic (exact) mass is 416 g/mol. The highest BCUT2D eigenvalue weighted by Gasteiger charge is 2.17. The van der Waals surface area contributed by atoms with Crippen molar-refractivity contribution in [3.63, 3.8) is 0 Å². The van der Waals surface area contributed by atoms with Gasteiger partial charge in [0.2, 0.25) is 6.79 Å². The fourth-order valence-electron chi connectivity index (χ4n) is 3.94. The molecule has 2 aliphatic heterocycles. The summed E-state index contributed by atoms with van der Waals surface area (Å²) in [7, 11) is 0. The third-order valence-electron chi connectivity index (χ3n) is 5.63. The van der Waals surface area contributed by atoms with Crippen LogP contribution in [0.2, 0.25) is 0 Å². The third kappa shape index (κ3) is 4.30. The number of carbonyl (C=O) groups is 1. The van der Waals surface area contributed by atoms with Gasteiger partial charge in [0.25, 0.3) is 5.91 Å². The van der Waals surface area contributed by atoms with Crippen molar-refractivity contribution in [2.45, 2.75) is 25.7 Å². The minimum absolute atomic E-state index is 0.181. The molecular formula is C24H24N4O3. The van der Waals surface area contributed by atoms with Crippen LogP contribution in [0.4, 0.5) is 11.5 Å². The zero-order valence-electron chi connectivity index (χ0n) is 17.2. The third-order valence-corrected chi connectivity index (χ3v) is 5.63. The summed E-state index contributed by atoms with van der Waals surface area (Å²) in [6.07, 6.45) is 4.97. The first-order valence-corrected chi connectivity index (χ1v) is 10.7. The molecule has 0 atom stereocenters. The Bertz CT molecular complexity index is 1080. The number of aromatic nitrogens is 2. The molecule has 5 rings (SSSR count). The second-order valence-corrected chi connectivity index (χ2v) is 7.78. The van der Waals surface area contributed by atoms with Crippen molar-refractivity contribution in [2.75, 3.05) is 30.1 Å². The SMILES string of the molecule is O=C(Nc1cccc(-c2ccc(N3CCCCCC3)nn2)c1)c1ccc2c(c1)OCO2. The summed E-state index contributed by atoms with van der Waals surface area (Å²) >= 11 is 0. The Labute approximate surface area is 181 Å². The van der Waals surface area contributed by atoms with Crippen molar-refractivity contribution in [3.05, 3.63) is 60.2 Å². The van der Waals surface area contributed by atoms with E-state index in [1.807, 2.05) is 36.4 Å². The highest BCUT2D eigenvalue weighted by Crippen LogP contribution is 2.32. The molecule has 0 unspecified atom stereocenters. The number of anilines is 2. The maximum absolute atomic E-state index is 12.7. The number of ether oxygens (including phenoxy) is 2. The number of amides is 1. The maximum atomic E-state index is 12.7. The summed E-state index contributed by atoms with van der Waals surface area (Å²) in [5, 5.41) is 11.8. The summed E-state index contributed by atoms with van der Waals surface area (Å²) in [6, 6.07) is 16.8. The fraction of sp³-hybridized carbons (Fsp3) is 0.292. The first-order valence-electron chi connectivity index (χ1n) is 10.7. The first-order chi connectivity index (χ1) is 15.3. The van der Waals surface area contributed by atoms with Crippen molar-refractivity contribution in [3.8, 4) is 22.8 Å². The van der Waals surface area contributed by atoms with E-state index in [4.69, 9.17) is 9.47 Å². The number of benzene rings is 2. The number of nitrogens with zero attached hydrogens (tertiary/aromatic N) is 3. The molecule has 3 aromatic rings. The van der Waals surface area contributed by atoms with E-state index in [2.05, 4.69) is 20.4 Å². The van der Waals surface area contributed by atoms with Gasteiger partial charge in [-0.2, -0.15) is 0 Å². The van der Waals surface area contributed by atoms with Crippen LogP contribution in [-0.2, 0) is 0 Å². The van der Waals surface area contributed by atoms with E-state index < -0.39 is 0 Å². The van der Waals surface area contributed by atoms with Crippen LogP contribution < -0.4 is 19.7 Å². The Morgan fingerprint density at radius 1 is 0.871 bits per heavy atom. The van der Waals surface area contributed by atoms with Crippen molar-refractivity contribution in [1.29, 1.82) is 0 Å². The van der Waals surface area contributed by atoms with E-state index >= 15 is 0 Å². The van der Waals surface area contributed by atoms with E-state index in [0.29, 0.717) is 22.7 Å². The minimum atomic E-state index is -0.210. The van der Waals surface area contributed by atoms with E-state index in [1.165, 1.54) is 25.7 Å². The molecule has 7 heteroatoms. The highest BCUT2D eigenvalue weighted by molar-refractivity contribution is 6.05. The van der Waals surface area contributed by atoms with Gasteiger partial charge in [-0.15, -0.1) is 10.2 Å². The van der Waals surface area contributed by atoms with Crippen molar-refractivity contribution in [2.24, 2.45) is 0 Å². The average Bonchev–Trinajstić information content (AvgIpc) is 3.11. The van der Waals surface area contributed by atoms with Gasteiger partial charge in [0.15, 0.2) is 17.3 Å². The zero-order chi connectivity index (χ0) is 21.0. The lowest BCUT2D eigenvalue weighted by Crippen LogP contribution is -2.25. The van der Waals surface area contributed by atoms with Crippen LogP contribution in [0.25, 0.3) is 11.3 Å². The summed E-state index contributed by atoms with van der Waals surface area (Å²) < 4.78 is 10.7. The Balaban J connectivity index is 1.30. The van der Waals surface area contributed by atoms with Crippen LogP contribution in [0.3, 0.4) is 0 Å². The number of carbonyl (C=O) groups excluding carboxylic acids is 1. The summed E-state index contributed by atoms with van der Waals surface area (Å²) in [6.45, 7) is 2.25. The van der Waals surface area contributed by atoms with Gasteiger partial charge in [-0.1, -0.05) is 25.0 Å². The van der Waals surface area contributed by atoms with Crippen LogP contribution in [0.1, 0.15) is 36.0 Å². The largest absolute Gasteiger partial charge is 0.454 e. The van der Waals surface area contributed by atoms with Gasteiger partial charge in [-0.3, -0.25) is 4.79 Å². The summed E-state index contributed by atoms with van der Waals surface area (Å²) in [4.78, 5) is 15.0. The Hall–Kier alpha value is -3.61. The van der Waals surface area contributed by atoms with E-state index in [9.17, 15) is 4.79 Å². The molecule has 0 spiro atoms. The lowest BCUT2D eigenvalue weighted by molar-refractivity contribution is 0.102. The fourth-order valence-corrected chi connectivity index (χ4v) is 3.94. The van der Waals surface area contributed by atoms with Crippen LogP contribution >= 0.6 is 0 Å². The van der Waals surface area contributed by atoms with Crippen LogP contribution in [0.15, 0.2) is 54.6 Å². The normalized spacial score (nSPS) is 15.4. The lowest BCUT2D eigenvalue weighted by atomic mass is 10.1. The molecule has 3 heterocycles. The van der Waals surface area contributed by atoms with Gasteiger partial charge in [-0.05, 0) is 55.3 Å². The van der Waals surface area contributed by atoms with Crippen LogP contribution in [0.5, 0.6) is 11.5 Å². The molecule has 31 heavy (non-hydrogen) atoms. The topological polar surface area (TPSA) is 76.6 Å². The first kappa shape index (κ1) is 19.4. The van der Waals surface area contributed by atoms with E-state index in [-0.39, 0.29) is 12.7 Å². The van der Waals surface area contributed by atoms with Crippen LogP contribution in [-0.4, -0.2) is 36.0 Å². The van der Waals surface area contributed by atoms with Crippen molar-refractivity contribution < 1.29 is 14.3 Å². The molecule has 0 saturated carbocycles. The lowest BCUT2D eigenvalue weighted by Gasteiger charge is -2.20. The van der Waals surface area contributed by atoms with E-state index in [1.54, 1.807) is 18.2 Å². The quantitative estimate of drug-likeness (QED) is 0.675. The molecule has 2 aliphatic rings. The average molecular weight is 416 g/mol. The van der Waals surface area contributed by atoms with Gasteiger partial charge in [0.1, 0.15) is 0 Å². The van der Waals surface area contributed by atoms with Crippen molar-refractivity contribution in [1.82, 2.24) is 10.2 Å². The maximum Gasteiger partial charge on any atom is 0.255 e. The van der Waals surface area contributed by atoms with Gasteiger partial charge < -0.3 is 19.7 Å². The molecule has 1 N–H and O–H groups in total. The molecule has 2 aromatic carbocycles. The van der Waals surface area contributed by atoms with E-state index in [0.717, 1.165) is 30.2 Å². The van der Waals surface area contributed by atoms with Gasteiger partial charge >= 0.3 is 0 Å². The van der Waals surface area contributed by atoms with Gasteiger partial charge in [0, 0.05) is 29.9 Å². The zero-order valence-corrected chi connectivity index (χ0v) is 17.2. The predicted molar refractivity (Wildman–Crippen MR) is 119 cm³/mol. The number of rotatable bonds is 4. The Kier molecular flexibility index (Phi) is 5.39. The Morgan fingerprint density at radius 3 is 2.52 bits per heavy atom.